The van der Waals surface area contributed by atoms with Gasteiger partial charge < -0.3 is 13.6 Å². The lowest BCUT2D eigenvalue weighted by Gasteiger charge is -2.23. The van der Waals surface area contributed by atoms with Crippen LogP contribution in [0, 0.1) is 0 Å². The zero-order chi connectivity index (χ0) is 33.8. The SMILES string of the molecule is [B]c1c([B])c([B])c(-n2c3ccccc3c3cc(-c4ccc5oc6ccc(-n7c8ccccc8c8ccccc87)cc6c5c4)ccc32)c([B])c1[B]. The number of para-hydroxylation sites is 3. The van der Waals surface area contributed by atoms with Crippen molar-refractivity contribution >= 4 is 132 Å². The molecule has 220 valence electrons. The van der Waals surface area contributed by atoms with E-state index in [0.29, 0.717) is 16.6 Å². The summed E-state index contributed by atoms with van der Waals surface area (Å²) < 4.78 is 10.7. The Hall–Kier alpha value is -5.74. The number of hydrogen-bond donors (Lipinski definition) is 0. The molecule has 0 amide bonds. The van der Waals surface area contributed by atoms with Crippen LogP contribution < -0.4 is 27.3 Å². The topological polar surface area (TPSA) is 23.0 Å². The van der Waals surface area contributed by atoms with E-state index in [9.17, 15) is 0 Å². The average Bonchev–Trinajstić information content (AvgIpc) is 3.80. The van der Waals surface area contributed by atoms with Crippen LogP contribution in [0.2, 0.25) is 0 Å². The van der Waals surface area contributed by atoms with Crippen LogP contribution in [-0.2, 0) is 0 Å². The molecule has 0 aliphatic rings. The van der Waals surface area contributed by atoms with Crippen molar-refractivity contribution in [1.29, 1.82) is 0 Å². The summed E-state index contributed by atoms with van der Waals surface area (Å²) in [4.78, 5) is 0. The predicted octanol–water partition coefficient (Wildman–Crippen LogP) is 5.42. The molecule has 10 rings (SSSR count). The summed E-state index contributed by atoms with van der Waals surface area (Å²) >= 11 is 0. The lowest BCUT2D eigenvalue weighted by Crippen LogP contribution is -2.56. The Morgan fingerprint density at radius 1 is 0.360 bits per heavy atom. The van der Waals surface area contributed by atoms with Crippen molar-refractivity contribution in [2.75, 3.05) is 0 Å². The molecular formula is C42H21B5N2O. The van der Waals surface area contributed by atoms with Crippen molar-refractivity contribution in [2.45, 2.75) is 0 Å². The second-order valence-electron chi connectivity index (χ2n) is 12.9. The molecule has 0 fully saturated rings. The summed E-state index contributed by atoms with van der Waals surface area (Å²) in [5.74, 6) is 0. The van der Waals surface area contributed by atoms with Gasteiger partial charge in [0.05, 0.1) is 22.1 Å². The molecule has 0 atom stereocenters. The van der Waals surface area contributed by atoms with Crippen LogP contribution in [0.3, 0.4) is 0 Å². The van der Waals surface area contributed by atoms with Gasteiger partial charge in [0.25, 0.3) is 0 Å². The van der Waals surface area contributed by atoms with E-state index in [4.69, 9.17) is 43.6 Å². The maximum Gasteiger partial charge on any atom is 0.135 e. The summed E-state index contributed by atoms with van der Waals surface area (Å²) in [6.45, 7) is 0. The molecule has 8 heteroatoms. The zero-order valence-corrected chi connectivity index (χ0v) is 26.8. The molecule has 3 aromatic heterocycles. The summed E-state index contributed by atoms with van der Waals surface area (Å²) in [5.41, 5.74) is 10.8. The summed E-state index contributed by atoms with van der Waals surface area (Å²) in [6, 6.07) is 44.5. The zero-order valence-electron chi connectivity index (χ0n) is 26.8. The van der Waals surface area contributed by atoms with Gasteiger partial charge in [-0.25, -0.2) is 0 Å². The first-order valence-electron chi connectivity index (χ1n) is 16.4. The number of aromatic nitrogens is 2. The number of benzene rings is 7. The van der Waals surface area contributed by atoms with E-state index in [0.717, 1.165) is 60.6 Å². The van der Waals surface area contributed by atoms with Crippen LogP contribution >= 0.6 is 0 Å². The van der Waals surface area contributed by atoms with Gasteiger partial charge >= 0.3 is 0 Å². The number of furan rings is 1. The molecule has 3 heterocycles. The highest BCUT2D eigenvalue weighted by atomic mass is 16.3. The predicted molar refractivity (Wildman–Crippen MR) is 215 cm³/mol. The number of nitrogens with zero attached hydrogens (tertiary/aromatic N) is 2. The van der Waals surface area contributed by atoms with E-state index < -0.39 is 0 Å². The van der Waals surface area contributed by atoms with E-state index in [1.165, 1.54) is 21.8 Å². The lowest BCUT2D eigenvalue weighted by molar-refractivity contribution is 0.669. The quantitative estimate of drug-likeness (QED) is 0.241. The third-order valence-corrected chi connectivity index (χ3v) is 10.2. The van der Waals surface area contributed by atoms with Gasteiger partial charge in [-0.05, 0) is 71.8 Å². The third kappa shape index (κ3) is 3.99. The molecule has 50 heavy (non-hydrogen) atoms. The van der Waals surface area contributed by atoms with Crippen LogP contribution in [0.1, 0.15) is 0 Å². The van der Waals surface area contributed by atoms with E-state index in [1.807, 2.05) is 22.8 Å². The molecule has 0 aliphatic carbocycles. The second-order valence-corrected chi connectivity index (χ2v) is 12.9. The van der Waals surface area contributed by atoms with Gasteiger partial charge in [0.15, 0.2) is 0 Å². The summed E-state index contributed by atoms with van der Waals surface area (Å²) in [7, 11) is 31.9. The maximum absolute atomic E-state index is 6.56. The van der Waals surface area contributed by atoms with Crippen LogP contribution in [0.5, 0.6) is 0 Å². The Kier molecular flexibility index (Phi) is 6.21. The minimum absolute atomic E-state index is 0.191. The fourth-order valence-electron chi connectivity index (χ4n) is 7.75. The van der Waals surface area contributed by atoms with Crippen molar-refractivity contribution < 1.29 is 4.42 Å². The van der Waals surface area contributed by atoms with Crippen LogP contribution in [0.4, 0.5) is 0 Å². The minimum atomic E-state index is 0.191. The fourth-order valence-corrected chi connectivity index (χ4v) is 7.75. The molecule has 3 nitrogen and oxygen atoms in total. The summed E-state index contributed by atoms with van der Waals surface area (Å²) in [6.07, 6.45) is 0. The van der Waals surface area contributed by atoms with Crippen LogP contribution in [0.15, 0.2) is 132 Å². The highest BCUT2D eigenvalue weighted by Crippen LogP contribution is 2.38. The first-order valence-corrected chi connectivity index (χ1v) is 16.4. The fraction of sp³-hybridized carbons (Fsp3) is 0. The van der Waals surface area contributed by atoms with Gasteiger partial charge in [0.1, 0.15) is 50.4 Å². The largest absolute Gasteiger partial charge is 0.456 e. The molecule has 0 unspecified atom stereocenters. The van der Waals surface area contributed by atoms with E-state index in [-0.39, 0.29) is 16.4 Å². The minimum Gasteiger partial charge on any atom is -0.456 e. The van der Waals surface area contributed by atoms with Gasteiger partial charge in [0.2, 0.25) is 0 Å². The van der Waals surface area contributed by atoms with E-state index in [1.54, 1.807) is 0 Å². The van der Waals surface area contributed by atoms with Gasteiger partial charge in [-0.15, -0.1) is 16.4 Å². The van der Waals surface area contributed by atoms with Crippen molar-refractivity contribution in [3.63, 3.8) is 0 Å². The molecule has 0 spiro atoms. The third-order valence-electron chi connectivity index (χ3n) is 10.2. The number of hydrogen-bond acceptors (Lipinski definition) is 1. The Morgan fingerprint density at radius 2 is 0.800 bits per heavy atom. The van der Waals surface area contributed by atoms with Gasteiger partial charge in [-0.2, -0.15) is 0 Å². The van der Waals surface area contributed by atoms with Gasteiger partial charge in [0, 0.05) is 43.7 Å². The van der Waals surface area contributed by atoms with Crippen molar-refractivity contribution in [2.24, 2.45) is 0 Å². The lowest BCUT2D eigenvalue weighted by atomic mass is 9.61. The Balaban J connectivity index is 1.16. The monoisotopic (exact) mass is 624 g/mol. The molecule has 0 saturated carbocycles. The molecule has 10 radical (unpaired) electrons. The van der Waals surface area contributed by atoms with E-state index in [2.05, 4.69) is 114 Å². The normalized spacial score (nSPS) is 12.0. The van der Waals surface area contributed by atoms with Gasteiger partial charge in [-0.3, -0.25) is 0 Å². The van der Waals surface area contributed by atoms with Crippen LogP contribution in [0.25, 0.3) is 88.1 Å². The average molecular weight is 624 g/mol. The van der Waals surface area contributed by atoms with Gasteiger partial charge in [-0.1, -0.05) is 77.7 Å². The Labute approximate surface area is 294 Å². The standard InChI is InChI=1S/C42H21B5N2O/c43-37-38(44)40(46)42(41(47)39(37)45)49-33-12-6-3-9-27(33)28-19-22(13-16-34(28)49)23-14-17-35-29(20-23)30-21-24(15-18-36(30)50-35)48-31-10-4-1-7-25(31)26-8-2-5-11-32(26)48/h1-21H. The first-order chi connectivity index (χ1) is 24.4. The molecule has 10 aromatic rings. The first kappa shape index (κ1) is 29.2. The van der Waals surface area contributed by atoms with Crippen molar-refractivity contribution in [3.8, 4) is 22.5 Å². The van der Waals surface area contributed by atoms with Crippen molar-refractivity contribution in [1.82, 2.24) is 9.13 Å². The van der Waals surface area contributed by atoms with E-state index >= 15 is 0 Å². The molecule has 0 N–H and O–H groups in total. The van der Waals surface area contributed by atoms with Crippen molar-refractivity contribution in [3.05, 3.63) is 127 Å². The highest BCUT2D eigenvalue weighted by Gasteiger charge is 2.19. The Bertz CT molecular complexity index is 2980. The number of fused-ring (bicyclic) bond motifs is 9. The molecule has 0 saturated heterocycles. The smallest absolute Gasteiger partial charge is 0.135 e. The van der Waals surface area contributed by atoms with Crippen LogP contribution in [-0.4, -0.2) is 48.4 Å². The molecule has 0 bridgehead atoms. The molecular weight excluding hydrogens is 603 g/mol. The molecule has 7 aromatic carbocycles. The molecule has 0 aliphatic heterocycles. The Morgan fingerprint density at radius 3 is 1.42 bits per heavy atom. The number of rotatable bonds is 3. The highest BCUT2D eigenvalue weighted by molar-refractivity contribution is 6.68. The summed E-state index contributed by atoms with van der Waals surface area (Å²) in [5, 5.41) is 6.65. The second kappa shape index (κ2) is 10.6. The maximum atomic E-state index is 6.56.